The molecule has 2 unspecified atom stereocenters. The molecule has 1 fully saturated rings. The number of rotatable bonds is 3. The third-order valence-electron chi connectivity index (χ3n) is 3.28. The first-order valence-electron chi connectivity index (χ1n) is 5.86. The molecule has 0 aromatic heterocycles. The summed E-state index contributed by atoms with van der Waals surface area (Å²) in [5.74, 6) is -0.719. The van der Waals surface area contributed by atoms with E-state index in [4.69, 9.17) is 5.73 Å². The van der Waals surface area contributed by atoms with Crippen LogP contribution in [0.5, 0.6) is 0 Å². The van der Waals surface area contributed by atoms with E-state index in [-0.39, 0.29) is 30.8 Å². The number of hydrogen-bond acceptors (Lipinski definition) is 2. The summed E-state index contributed by atoms with van der Waals surface area (Å²) in [7, 11) is 0. The van der Waals surface area contributed by atoms with Crippen molar-refractivity contribution in [2.45, 2.75) is 50.7 Å². The van der Waals surface area contributed by atoms with Gasteiger partial charge in [-0.3, -0.25) is 4.79 Å². The summed E-state index contributed by atoms with van der Waals surface area (Å²) in [5.41, 5.74) is 5.40. The second-order valence-corrected chi connectivity index (χ2v) is 4.96. The summed E-state index contributed by atoms with van der Waals surface area (Å²) < 4.78 is 35.8. The third-order valence-corrected chi connectivity index (χ3v) is 3.28. The van der Waals surface area contributed by atoms with E-state index in [9.17, 15) is 18.0 Å². The second kappa shape index (κ2) is 6.61. The van der Waals surface area contributed by atoms with E-state index in [1.54, 1.807) is 6.92 Å². The predicted molar refractivity (Wildman–Crippen MR) is 65.5 cm³/mol. The van der Waals surface area contributed by atoms with Crippen LogP contribution in [0.3, 0.4) is 0 Å². The highest BCUT2D eigenvalue weighted by molar-refractivity contribution is 5.85. The van der Waals surface area contributed by atoms with E-state index < -0.39 is 18.1 Å². The van der Waals surface area contributed by atoms with Crippen LogP contribution >= 0.6 is 12.4 Å². The summed E-state index contributed by atoms with van der Waals surface area (Å²) in [4.78, 5) is 11.7. The molecule has 3 nitrogen and oxygen atoms in total. The van der Waals surface area contributed by atoms with Crippen LogP contribution in [0.4, 0.5) is 13.2 Å². The van der Waals surface area contributed by atoms with Gasteiger partial charge < -0.3 is 11.1 Å². The molecule has 7 heteroatoms. The third kappa shape index (κ3) is 5.44. The molecule has 1 aliphatic rings. The molecule has 0 heterocycles. The fourth-order valence-corrected chi connectivity index (χ4v) is 2.24. The van der Waals surface area contributed by atoms with Gasteiger partial charge in [0.25, 0.3) is 0 Å². The number of alkyl halides is 3. The molecule has 108 valence electrons. The van der Waals surface area contributed by atoms with Gasteiger partial charge in [0, 0.05) is 12.1 Å². The smallest absolute Gasteiger partial charge is 0.355 e. The van der Waals surface area contributed by atoms with Gasteiger partial charge in [0.1, 0.15) is 0 Å². The number of halogens is 4. The summed E-state index contributed by atoms with van der Waals surface area (Å²) in [6.07, 6.45) is -1.95. The minimum atomic E-state index is -4.23. The highest BCUT2D eigenvalue weighted by Crippen LogP contribution is 2.31. The van der Waals surface area contributed by atoms with Gasteiger partial charge >= 0.3 is 6.18 Å². The fraction of sp³-hybridized carbons (Fsp3) is 0.909. The minimum absolute atomic E-state index is 0. The van der Waals surface area contributed by atoms with Gasteiger partial charge in [0.05, 0.1) is 12.3 Å². The Labute approximate surface area is 111 Å². The molecule has 0 aromatic carbocycles. The average molecular weight is 289 g/mol. The maximum Gasteiger partial charge on any atom is 0.390 e. The van der Waals surface area contributed by atoms with Gasteiger partial charge in [-0.05, 0) is 19.8 Å². The van der Waals surface area contributed by atoms with Gasteiger partial charge in [-0.15, -0.1) is 12.4 Å². The van der Waals surface area contributed by atoms with E-state index in [0.29, 0.717) is 6.42 Å². The molecule has 1 aliphatic carbocycles. The Morgan fingerprint density at radius 1 is 1.44 bits per heavy atom. The van der Waals surface area contributed by atoms with E-state index >= 15 is 0 Å². The number of nitrogens with one attached hydrogen (secondary N) is 1. The molecule has 0 saturated heterocycles. The summed E-state index contributed by atoms with van der Waals surface area (Å²) in [6.45, 7) is 1.43. The molecule has 0 bridgehead atoms. The Bertz CT molecular complexity index is 282. The first kappa shape index (κ1) is 17.5. The Kier molecular flexibility index (Phi) is 6.43. The van der Waals surface area contributed by atoms with Crippen molar-refractivity contribution in [2.75, 3.05) is 6.54 Å². The molecule has 2 atom stereocenters. The SMILES string of the molecule is CC1(N)CCCCC1C(=O)NCCC(F)(F)F.Cl. The topological polar surface area (TPSA) is 55.1 Å². The van der Waals surface area contributed by atoms with Crippen molar-refractivity contribution in [3.8, 4) is 0 Å². The molecule has 0 aliphatic heterocycles. The highest BCUT2D eigenvalue weighted by atomic mass is 35.5. The number of hydrogen-bond donors (Lipinski definition) is 2. The predicted octanol–water partition coefficient (Wildman–Crippen LogP) is 2.38. The quantitative estimate of drug-likeness (QED) is 0.838. The number of nitrogens with two attached hydrogens (primary N) is 1. The molecule has 0 aromatic rings. The van der Waals surface area contributed by atoms with Crippen molar-refractivity contribution in [2.24, 2.45) is 11.7 Å². The maximum atomic E-state index is 11.9. The molecular weight excluding hydrogens is 269 g/mol. The number of amides is 1. The van der Waals surface area contributed by atoms with Crippen molar-refractivity contribution in [3.63, 3.8) is 0 Å². The molecule has 1 amide bonds. The standard InChI is InChI=1S/C11H19F3N2O.ClH/c1-10(15)5-3-2-4-8(10)9(17)16-7-6-11(12,13)14;/h8H,2-7,15H2,1H3,(H,16,17);1H. The fourth-order valence-electron chi connectivity index (χ4n) is 2.24. The lowest BCUT2D eigenvalue weighted by Crippen LogP contribution is -2.53. The Balaban J connectivity index is 0.00000289. The summed E-state index contributed by atoms with van der Waals surface area (Å²) in [6, 6.07) is 0. The lowest BCUT2D eigenvalue weighted by molar-refractivity contribution is -0.137. The van der Waals surface area contributed by atoms with Crippen molar-refractivity contribution in [1.29, 1.82) is 0 Å². The monoisotopic (exact) mass is 288 g/mol. The van der Waals surface area contributed by atoms with Crippen LogP contribution in [0.15, 0.2) is 0 Å². The highest BCUT2D eigenvalue weighted by Gasteiger charge is 2.38. The molecule has 1 rings (SSSR count). The van der Waals surface area contributed by atoms with Crippen molar-refractivity contribution in [1.82, 2.24) is 5.32 Å². The molecule has 0 spiro atoms. The zero-order valence-electron chi connectivity index (χ0n) is 10.3. The zero-order valence-corrected chi connectivity index (χ0v) is 11.2. The van der Waals surface area contributed by atoms with E-state index in [2.05, 4.69) is 5.32 Å². The lowest BCUT2D eigenvalue weighted by Gasteiger charge is -2.37. The second-order valence-electron chi connectivity index (χ2n) is 4.96. The molecule has 1 saturated carbocycles. The van der Waals surface area contributed by atoms with Crippen LogP contribution in [0.1, 0.15) is 39.0 Å². The largest absolute Gasteiger partial charge is 0.390 e. The van der Waals surface area contributed by atoms with E-state index in [1.807, 2.05) is 0 Å². The van der Waals surface area contributed by atoms with Crippen LogP contribution in [-0.4, -0.2) is 24.2 Å². The summed E-state index contributed by atoms with van der Waals surface area (Å²) >= 11 is 0. The van der Waals surface area contributed by atoms with Gasteiger partial charge in [-0.25, -0.2) is 0 Å². The van der Waals surface area contributed by atoms with Crippen LogP contribution in [0.25, 0.3) is 0 Å². The van der Waals surface area contributed by atoms with E-state index in [0.717, 1.165) is 19.3 Å². The van der Waals surface area contributed by atoms with Crippen LogP contribution < -0.4 is 11.1 Å². The Hall–Kier alpha value is -0.490. The van der Waals surface area contributed by atoms with E-state index in [1.165, 1.54) is 0 Å². The van der Waals surface area contributed by atoms with Crippen molar-refractivity contribution < 1.29 is 18.0 Å². The Morgan fingerprint density at radius 2 is 2.06 bits per heavy atom. The van der Waals surface area contributed by atoms with Crippen LogP contribution in [0, 0.1) is 5.92 Å². The maximum absolute atomic E-state index is 11.9. The van der Waals surface area contributed by atoms with Gasteiger partial charge in [0.15, 0.2) is 0 Å². The molecule has 3 N–H and O–H groups in total. The first-order chi connectivity index (χ1) is 7.72. The van der Waals surface area contributed by atoms with Crippen LogP contribution in [0.2, 0.25) is 0 Å². The first-order valence-corrected chi connectivity index (χ1v) is 5.86. The average Bonchev–Trinajstić information content (AvgIpc) is 2.14. The lowest BCUT2D eigenvalue weighted by atomic mass is 9.74. The number of carbonyl (C=O) groups is 1. The van der Waals surface area contributed by atoms with Crippen molar-refractivity contribution >= 4 is 18.3 Å². The molecule has 0 radical (unpaired) electrons. The van der Waals surface area contributed by atoms with Gasteiger partial charge in [-0.1, -0.05) is 12.8 Å². The normalized spacial score (nSPS) is 28.4. The van der Waals surface area contributed by atoms with Crippen molar-refractivity contribution in [3.05, 3.63) is 0 Å². The summed E-state index contributed by atoms with van der Waals surface area (Å²) in [5, 5.41) is 2.33. The Morgan fingerprint density at radius 3 is 2.56 bits per heavy atom. The zero-order chi connectivity index (χ0) is 13.1. The molecular formula is C11H20ClF3N2O. The van der Waals surface area contributed by atoms with Gasteiger partial charge in [-0.2, -0.15) is 13.2 Å². The number of carbonyl (C=O) groups excluding carboxylic acids is 1. The van der Waals surface area contributed by atoms with Crippen LogP contribution in [-0.2, 0) is 4.79 Å². The minimum Gasteiger partial charge on any atom is -0.355 e. The van der Waals surface area contributed by atoms with Gasteiger partial charge in [0.2, 0.25) is 5.91 Å². The molecule has 18 heavy (non-hydrogen) atoms.